The van der Waals surface area contributed by atoms with E-state index in [2.05, 4.69) is 0 Å². The maximum atomic E-state index is 12.0. The number of amides is 2. The first-order valence-corrected chi connectivity index (χ1v) is 5.28. The highest BCUT2D eigenvalue weighted by Crippen LogP contribution is 2.33. The molecule has 1 rings (SSSR count). The fourth-order valence-corrected chi connectivity index (χ4v) is 2.10. The molecule has 6 nitrogen and oxygen atoms in total. The number of hydrogen-bond acceptors (Lipinski definition) is 4. The predicted octanol–water partition coefficient (Wildman–Crippen LogP) is -0.156. The predicted molar refractivity (Wildman–Crippen MR) is 56.6 cm³/mol. The third-order valence-electron chi connectivity index (χ3n) is 2.86. The first kappa shape index (κ1) is 12.8. The molecule has 0 aliphatic heterocycles. The van der Waals surface area contributed by atoms with Crippen LogP contribution in [0.25, 0.3) is 0 Å². The van der Waals surface area contributed by atoms with E-state index in [1.807, 2.05) is 0 Å². The van der Waals surface area contributed by atoms with Crippen LogP contribution in [0.3, 0.4) is 0 Å². The third kappa shape index (κ3) is 2.27. The van der Waals surface area contributed by atoms with E-state index in [9.17, 15) is 14.7 Å². The number of hydrogen-bond donors (Lipinski definition) is 2. The average molecular weight is 230 g/mol. The molecule has 0 heterocycles. The summed E-state index contributed by atoms with van der Waals surface area (Å²) in [5.41, 5.74) is 3.47. The summed E-state index contributed by atoms with van der Waals surface area (Å²) in [4.78, 5) is 24.2. The minimum Gasteiger partial charge on any atom is -0.430 e. The number of nitrogens with zero attached hydrogens (tertiary/aromatic N) is 1. The second kappa shape index (κ2) is 4.69. The molecular formula is C10H18N2O4. The van der Waals surface area contributed by atoms with E-state index in [0.29, 0.717) is 12.8 Å². The highest BCUT2D eigenvalue weighted by molar-refractivity contribution is 5.88. The van der Waals surface area contributed by atoms with Crippen molar-refractivity contribution in [2.45, 2.75) is 37.4 Å². The lowest BCUT2D eigenvalue weighted by Crippen LogP contribution is -2.59. The van der Waals surface area contributed by atoms with Crippen molar-refractivity contribution < 1.29 is 19.4 Å². The van der Waals surface area contributed by atoms with Crippen molar-refractivity contribution in [2.24, 2.45) is 5.73 Å². The SMILES string of the molecule is CN(C)C(=O)C1(OC(N)=O)CCCCC1O. The van der Waals surface area contributed by atoms with E-state index in [-0.39, 0.29) is 0 Å². The second-order valence-corrected chi connectivity index (χ2v) is 4.27. The third-order valence-corrected chi connectivity index (χ3v) is 2.86. The Balaban J connectivity index is 2.99. The molecule has 3 N–H and O–H groups in total. The van der Waals surface area contributed by atoms with Crippen molar-refractivity contribution >= 4 is 12.0 Å². The van der Waals surface area contributed by atoms with Gasteiger partial charge in [-0.15, -0.1) is 0 Å². The van der Waals surface area contributed by atoms with Gasteiger partial charge in [0.1, 0.15) is 6.10 Å². The normalized spacial score (nSPS) is 29.6. The molecular weight excluding hydrogens is 212 g/mol. The molecule has 1 aliphatic rings. The van der Waals surface area contributed by atoms with Crippen LogP contribution >= 0.6 is 0 Å². The Morgan fingerprint density at radius 1 is 1.44 bits per heavy atom. The fourth-order valence-electron chi connectivity index (χ4n) is 2.10. The van der Waals surface area contributed by atoms with Crippen LogP contribution < -0.4 is 5.73 Å². The molecule has 0 aromatic rings. The molecule has 92 valence electrons. The lowest BCUT2D eigenvalue weighted by molar-refractivity contribution is -0.167. The number of carbonyl (C=O) groups is 2. The van der Waals surface area contributed by atoms with E-state index < -0.39 is 23.7 Å². The van der Waals surface area contributed by atoms with Gasteiger partial charge in [0.15, 0.2) is 0 Å². The molecule has 2 atom stereocenters. The van der Waals surface area contributed by atoms with Crippen molar-refractivity contribution in [3.05, 3.63) is 0 Å². The number of aliphatic hydroxyl groups is 1. The van der Waals surface area contributed by atoms with Crippen LogP contribution in [0.4, 0.5) is 4.79 Å². The molecule has 0 saturated heterocycles. The maximum absolute atomic E-state index is 12.0. The number of ether oxygens (including phenoxy) is 1. The van der Waals surface area contributed by atoms with Crippen molar-refractivity contribution in [3.63, 3.8) is 0 Å². The zero-order valence-electron chi connectivity index (χ0n) is 9.60. The Bertz CT molecular complexity index is 293. The summed E-state index contributed by atoms with van der Waals surface area (Å²) >= 11 is 0. The molecule has 0 radical (unpaired) electrons. The summed E-state index contributed by atoms with van der Waals surface area (Å²) in [6.45, 7) is 0. The van der Waals surface area contributed by atoms with Crippen LogP contribution in [0.15, 0.2) is 0 Å². The second-order valence-electron chi connectivity index (χ2n) is 4.27. The Kier molecular flexibility index (Phi) is 3.74. The van der Waals surface area contributed by atoms with E-state index in [4.69, 9.17) is 10.5 Å². The fraction of sp³-hybridized carbons (Fsp3) is 0.800. The molecule has 0 bridgehead atoms. The van der Waals surface area contributed by atoms with Crippen molar-refractivity contribution in [1.29, 1.82) is 0 Å². The van der Waals surface area contributed by atoms with Crippen LogP contribution in [-0.4, -0.2) is 47.8 Å². The van der Waals surface area contributed by atoms with Gasteiger partial charge in [0, 0.05) is 14.1 Å². The minimum absolute atomic E-state index is 0.314. The zero-order chi connectivity index (χ0) is 12.3. The Morgan fingerprint density at radius 2 is 2.06 bits per heavy atom. The topological polar surface area (TPSA) is 92.9 Å². The van der Waals surface area contributed by atoms with Crippen LogP contribution in [0.2, 0.25) is 0 Å². The number of likely N-dealkylation sites (N-methyl/N-ethyl adjacent to an activating group) is 1. The summed E-state index contributed by atoms with van der Waals surface area (Å²) in [5.74, 6) is -0.418. The first-order valence-electron chi connectivity index (χ1n) is 5.28. The van der Waals surface area contributed by atoms with E-state index in [1.54, 1.807) is 14.1 Å². The molecule has 0 aromatic heterocycles. The number of primary amides is 1. The number of nitrogens with two attached hydrogens (primary N) is 1. The first-order chi connectivity index (χ1) is 7.40. The summed E-state index contributed by atoms with van der Waals surface area (Å²) in [6, 6.07) is 0. The lowest BCUT2D eigenvalue weighted by atomic mass is 9.81. The summed E-state index contributed by atoms with van der Waals surface area (Å²) in [7, 11) is 3.10. The van der Waals surface area contributed by atoms with Gasteiger partial charge < -0.3 is 20.5 Å². The van der Waals surface area contributed by atoms with Crippen molar-refractivity contribution in [2.75, 3.05) is 14.1 Å². The van der Waals surface area contributed by atoms with Gasteiger partial charge in [-0.3, -0.25) is 4.79 Å². The highest BCUT2D eigenvalue weighted by atomic mass is 16.6. The Hall–Kier alpha value is -1.30. The molecule has 16 heavy (non-hydrogen) atoms. The Labute approximate surface area is 94.3 Å². The maximum Gasteiger partial charge on any atom is 0.405 e. The van der Waals surface area contributed by atoms with E-state index in [0.717, 1.165) is 12.8 Å². The van der Waals surface area contributed by atoms with Crippen LogP contribution in [-0.2, 0) is 9.53 Å². The van der Waals surface area contributed by atoms with Gasteiger partial charge in [-0.05, 0) is 19.3 Å². The van der Waals surface area contributed by atoms with Gasteiger partial charge in [-0.1, -0.05) is 6.42 Å². The molecule has 2 unspecified atom stereocenters. The standard InChI is InChI=1S/C10H18N2O4/c1-12(2)8(14)10(16-9(11)15)6-4-3-5-7(10)13/h7,13H,3-6H2,1-2H3,(H2,11,15). The summed E-state index contributed by atoms with van der Waals surface area (Å²) in [5, 5.41) is 9.91. The van der Waals surface area contributed by atoms with Gasteiger partial charge in [-0.25, -0.2) is 4.79 Å². The molecule has 0 spiro atoms. The quantitative estimate of drug-likeness (QED) is 0.689. The lowest BCUT2D eigenvalue weighted by Gasteiger charge is -2.40. The van der Waals surface area contributed by atoms with E-state index in [1.165, 1.54) is 4.90 Å². The van der Waals surface area contributed by atoms with Gasteiger partial charge in [-0.2, -0.15) is 0 Å². The van der Waals surface area contributed by atoms with Gasteiger partial charge in [0.05, 0.1) is 0 Å². The van der Waals surface area contributed by atoms with Crippen LogP contribution in [0, 0.1) is 0 Å². The molecule has 1 saturated carbocycles. The zero-order valence-corrected chi connectivity index (χ0v) is 9.60. The van der Waals surface area contributed by atoms with Gasteiger partial charge >= 0.3 is 6.09 Å². The number of rotatable bonds is 2. The average Bonchev–Trinajstić information content (AvgIpc) is 2.19. The number of carbonyl (C=O) groups excluding carboxylic acids is 2. The smallest absolute Gasteiger partial charge is 0.405 e. The molecule has 1 aliphatic carbocycles. The van der Waals surface area contributed by atoms with Crippen LogP contribution in [0.5, 0.6) is 0 Å². The molecule has 2 amide bonds. The largest absolute Gasteiger partial charge is 0.430 e. The molecule has 0 aromatic carbocycles. The van der Waals surface area contributed by atoms with Gasteiger partial charge in [0.2, 0.25) is 5.60 Å². The van der Waals surface area contributed by atoms with Crippen LogP contribution in [0.1, 0.15) is 25.7 Å². The van der Waals surface area contributed by atoms with E-state index >= 15 is 0 Å². The Morgan fingerprint density at radius 3 is 2.50 bits per heavy atom. The molecule has 1 fully saturated rings. The monoisotopic (exact) mass is 230 g/mol. The minimum atomic E-state index is -1.49. The number of aliphatic hydroxyl groups excluding tert-OH is 1. The summed E-state index contributed by atoms with van der Waals surface area (Å²) < 4.78 is 4.91. The molecule has 6 heteroatoms. The van der Waals surface area contributed by atoms with Gasteiger partial charge in [0.25, 0.3) is 5.91 Å². The van der Waals surface area contributed by atoms with Crippen molar-refractivity contribution in [3.8, 4) is 0 Å². The highest BCUT2D eigenvalue weighted by Gasteiger charge is 2.50. The van der Waals surface area contributed by atoms with Crippen molar-refractivity contribution in [1.82, 2.24) is 4.90 Å². The summed E-state index contributed by atoms with van der Waals surface area (Å²) in [6.07, 6.45) is 0.274.